The van der Waals surface area contributed by atoms with Gasteiger partial charge in [-0.05, 0) is 40.0 Å². The van der Waals surface area contributed by atoms with E-state index in [1.54, 1.807) is 0 Å². The minimum atomic E-state index is 0.0695. The summed E-state index contributed by atoms with van der Waals surface area (Å²) in [5, 5.41) is 0. The highest BCUT2D eigenvalue weighted by molar-refractivity contribution is 4.77. The highest BCUT2D eigenvalue weighted by atomic mass is 16.5. The molecule has 2 heteroatoms. The smallest absolute Gasteiger partial charge is 0.0815 e. The quantitative estimate of drug-likeness (QED) is 0.650. The van der Waals surface area contributed by atoms with Crippen LogP contribution < -0.4 is 0 Å². The molecule has 1 aliphatic rings. The Labute approximate surface area is 75.2 Å². The summed E-state index contributed by atoms with van der Waals surface area (Å²) in [6.45, 7) is 7.89. The van der Waals surface area contributed by atoms with Gasteiger partial charge in [0.2, 0.25) is 0 Å². The Morgan fingerprint density at radius 2 is 2.25 bits per heavy atom. The molecule has 1 saturated heterocycles. The Bertz CT molecular complexity index is 132. The summed E-state index contributed by atoms with van der Waals surface area (Å²) in [6, 6.07) is 0. The fourth-order valence-corrected chi connectivity index (χ4v) is 1.69. The predicted octanol–water partition coefficient (Wildman–Crippen LogP) is 2.37. The average molecular weight is 172 g/mol. The number of hydrogen-bond acceptors (Lipinski definition) is 2. The monoisotopic (exact) mass is 172 g/mol. The minimum absolute atomic E-state index is 0.0695. The molecule has 0 aliphatic carbocycles. The van der Waals surface area contributed by atoms with Crippen molar-refractivity contribution < 1.29 is 9.47 Å². The van der Waals surface area contributed by atoms with Gasteiger partial charge in [0.25, 0.3) is 0 Å². The molecule has 1 unspecified atom stereocenters. The summed E-state index contributed by atoms with van der Waals surface area (Å²) in [5.74, 6) is 0. The molecule has 1 heterocycles. The van der Waals surface area contributed by atoms with Gasteiger partial charge in [0.05, 0.1) is 18.3 Å². The molecule has 2 nitrogen and oxygen atoms in total. The lowest BCUT2D eigenvalue weighted by Crippen LogP contribution is -2.37. The van der Waals surface area contributed by atoms with Gasteiger partial charge in [-0.2, -0.15) is 0 Å². The maximum absolute atomic E-state index is 5.85. The number of ether oxygens (including phenoxy) is 2. The van der Waals surface area contributed by atoms with Crippen molar-refractivity contribution >= 4 is 0 Å². The van der Waals surface area contributed by atoms with Crippen molar-refractivity contribution in [1.29, 1.82) is 0 Å². The second kappa shape index (κ2) is 4.24. The van der Waals surface area contributed by atoms with Gasteiger partial charge in [0, 0.05) is 6.61 Å². The first-order chi connectivity index (χ1) is 5.64. The molecule has 1 atom stereocenters. The van der Waals surface area contributed by atoms with Crippen LogP contribution in [0, 0.1) is 0 Å². The summed E-state index contributed by atoms with van der Waals surface area (Å²) < 4.78 is 11.2. The van der Waals surface area contributed by atoms with Crippen molar-refractivity contribution in [2.45, 2.75) is 51.7 Å². The van der Waals surface area contributed by atoms with Crippen LogP contribution in [-0.2, 0) is 9.47 Å². The van der Waals surface area contributed by atoms with Crippen LogP contribution in [-0.4, -0.2) is 24.9 Å². The normalized spacial score (nSPS) is 28.8. The molecule has 0 amide bonds. The zero-order valence-corrected chi connectivity index (χ0v) is 8.43. The molecule has 1 fully saturated rings. The Morgan fingerprint density at radius 1 is 1.50 bits per heavy atom. The molecule has 0 aromatic heterocycles. The zero-order chi connectivity index (χ0) is 9.03. The summed E-state index contributed by atoms with van der Waals surface area (Å²) in [6.07, 6.45) is 3.93. The predicted molar refractivity (Wildman–Crippen MR) is 49.3 cm³/mol. The molecular weight excluding hydrogens is 152 g/mol. The summed E-state index contributed by atoms with van der Waals surface area (Å²) in [7, 11) is 0. The maximum atomic E-state index is 5.85. The first-order valence-electron chi connectivity index (χ1n) is 4.89. The van der Waals surface area contributed by atoms with Crippen molar-refractivity contribution in [3.63, 3.8) is 0 Å². The van der Waals surface area contributed by atoms with E-state index in [9.17, 15) is 0 Å². The molecule has 1 aliphatic heterocycles. The Kier molecular flexibility index (Phi) is 3.53. The van der Waals surface area contributed by atoms with Gasteiger partial charge >= 0.3 is 0 Å². The molecule has 1 rings (SSSR count). The summed E-state index contributed by atoms with van der Waals surface area (Å²) in [5.41, 5.74) is 0.0695. The van der Waals surface area contributed by atoms with Crippen LogP contribution in [0.25, 0.3) is 0 Å². The third-order valence-electron chi connectivity index (χ3n) is 2.30. The third-order valence-corrected chi connectivity index (χ3v) is 2.30. The Balaban J connectivity index is 2.26. The molecule has 0 aromatic carbocycles. The Hall–Kier alpha value is -0.0800. The molecule has 12 heavy (non-hydrogen) atoms. The van der Waals surface area contributed by atoms with Gasteiger partial charge in [-0.25, -0.2) is 0 Å². The van der Waals surface area contributed by atoms with Crippen LogP contribution in [0.4, 0.5) is 0 Å². The maximum Gasteiger partial charge on any atom is 0.0815 e. The van der Waals surface area contributed by atoms with Crippen molar-refractivity contribution in [3.05, 3.63) is 0 Å². The molecule has 0 spiro atoms. The average Bonchev–Trinajstić information content (AvgIpc) is 1.99. The van der Waals surface area contributed by atoms with E-state index in [0.717, 1.165) is 19.6 Å². The van der Waals surface area contributed by atoms with Crippen LogP contribution in [0.15, 0.2) is 0 Å². The van der Waals surface area contributed by atoms with Gasteiger partial charge in [-0.15, -0.1) is 0 Å². The second-order valence-corrected chi connectivity index (χ2v) is 4.05. The van der Waals surface area contributed by atoms with E-state index in [2.05, 4.69) is 13.8 Å². The van der Waals surface area contributed by atoms with E-state index < -0.39 is 0 Å². The highest BCUT2D eigenvalue weighted by Crippen LogP contribution is 2.27. The molecule has 0 saturated carbocycles. The SMILES string of the molecule is CCOCC1CCCC(C)(C)O1. The lowest BCUT2D eigenvalue weighted by molar-refractivity contribution is -0.130. The van der Waals surface area contributed by atoms with Crippen LogP contribution in [0.2, 0.25) is 0 Å². The first kappa shape index (κ1) is 10.0. The van der Waals surface area contributed by atoms with E-state index in [1.165, 1.54) is 12.8 Å². The largest absolute Gasteiger partial charge is 0.379 e. The lowest BCUT2D eigenvalue weighted by atomic mass is 9.95. The van der Waals surface area contributed by atoms with Crippen LogP contribution in [0.5, 0.6) is 0 Å². The van der Waals surface area contributed by atoms with Crippen LogP contribution >= 0.6 is 0 Å². The molecule has 0 N–H and O–H groups in total. The fraction of sp³-hybridized carbons (Fsp3) is 1.00. The van der Waals surface area contributed by atoms with E-state index in [0.29, 0.717) is 6.10 Å². The van der Waals surface area contributed by atoms with Crippen molar-refractivity contribution in [2.75, 3.05) is 13.2 Å². The van der Waals surface area contributed by atoms with Gasteiger partial charge in [-0.3, -0.25) is 0 Å². The Morgan fingerprint density at radius 3 is 2.83 bits per heavy atom. The highest BCUT2D eigenvalue weighted by Gasteiger charge is 2.28. The molecular formula is C10H20O2. The van der Waals surface area contributed by atoms with Crippen LogP contribution in [0.1, 0.15) is 40.0 Å². The third kappa shape index (κ3) is 3.11. The summed E-state index contributed by atoms with van der Waals surface area (Å²) >= 11 is 0. The van der Waals surface area contributed by atoms with Gasteiger partial charge in [0.1, 0.15) is 0 Å². The topological polar surface area (TPSA) is 18.5 Å². The van der Waals surface area contributed by atoms with Crippen molar-refractivity contribution in [2.24, 2.45) is 0 Å². The van der Waals surface area contributed by atoms with E-state index in [4.69, 9.17) is 9.47 Å². The van der Waals surface area contributed by atoms with E-state index in [-0.39, 0.29) is 5.60 Å². The summed E-state index contributed by atoms with van der Waals surface area (Å²) in [4.78, 5) is 0. The van der Waals surface area contributed by atoms with Crippen LogP contribution in [0.3, 0.4) is 0 Å². The van der Waals surface area contributed by atoms with E-state index in [1.807, 2.05) is 6.92 Å². The number of rotatable bonds is 3. The van der Waals surface area contributed by atoms with Gasteiger partial charge in [-0.1, -0.05) is 0 Å². The van der Waals surface area contributed by atoms with Gasteiger partial charge < -0.3 is 9.47 Å². The fourth-order valence-electron chi connectivity index (χ4n) is 1.69. The first-order valence-corrected chi connectivity index (χ1v) is 4.89. The van der Waals surface area contributed by atoms with Crippen molar-refractivity contribution in [3.8, 4) is 0 Å². The number of hydrogen-bond donors (Lipinski definition) is 0. The molecule has 0 radical (unpaired) electrons. The lowest BCUT2D eigenvalue weighted by Gasteiger charge is -2.35. The molecule has 0 aromatic rings. The molecule has 0 bridgehead atoms. The second-order valence-electron chi connectivity index (χ2n) is 4.05. The standard InChI is InChI=1S/C10H20O2/c1-4-11-8-9-6-5-7-10(2,3)12-9/h9H,4-8H2,1-3H3. The van der Waals surface area contributed by atoms with Crippen molar-refractivity contribution in [1.82, 2.24) is 0 Å². The zero-order valence-electron chi connectivity index (χ0n) is 8.43. The van der Waals surface area contributed by atoms with Gasteiger partial charge in [0.15, 0.2) is 0 Å². The van der Waals surface area contributed by atoms with E-state index >= 15 is 0 Å². The minimum Gasteiger partial charge on any atom is -0.379 e. The molecule has 72 valence electrons.